The van der Waals surface area contributed by atoms with Crippen LogP contribution in [0.1, 0.15) is 12.8 Å². The van der Waals surface area contributed by atoms with Crippen molar-refractivity contribution < 1.29 is 0 Å². The molecule has 4 heteroatoms. The average molecular weight is 280 g/mol. The summed E-state index contributed by atoms with van der Waals surface area (Å²) in [4.78, 5) is 4.66. The predicted molar refractivity (Wildman–Crippen MR) is 82.4 cm³/mol. The lowest BCUT2D eigenvalue weighted by Gasteiger charge is -2.45. The van der Waals surface area contributed by atoms with E-state index in [1.807, 2.05) is 26.2 Å². The third kappa shape index (κ3) is 2.54. The van der Waals surface area contributed by atoms with Gasteiger partial charge in [-0.25, -0.2) is 0 Å². The molecule has 2 bridgehead atoms. The first-order valence-electron chi connectivity index (χ1n) is 7.10. The van der Waals surface area contributed by atoms with Crippen molar-refractivity contribution in [3.05, 3.63) is 23.2 Å². The van der Waals surface area contributed by atoms with E-state index in [0.717, 1.165) is 22.3 Å². The summed E-state index contributed by atoms with van der Waals surface area (Å²) in [6, 6.07) is 6.69. The summed E-state index contributed by atoms with van der Waals surface area (Å²) >= 11 is 6.33. The van der Waals surface area contributed by atoms with Crippen LogP contribution in [0.2, 0.25) is 5.02 Å². The van der Waals surface area contributed by atoms with Gasteiger partial charge in [-0.15, -0.1) is 0 Å². The van der Waals surface area contributed by atoms with Crippen molar-refractivity contribution in [2.45, 2.75) is 18.9 Å². The number of halogens is 1. The molecule has 4 rings (SSSR count). The van der Waals surface area contributed by atoms with Crippen molar-refractivity contribution in [3.8, 4) is 0 Å². The van der Waals surface area contributed by atoms with Crippen LogP contribution in [0.4, 0.5) is 11.4 Å². The molecule has 0 aromatic heterocycles. The number of benzene rings is 1. The molecule has 3 aliphatic heterocycles. The van der Waals surface area contributed by atoms with E-state index in [-0.39, 0.29) is 0 Å². The first kappa shape index (κ1) is 13.1. The molecule has 19 heavy (non-hydrogen) atoms. The van der Waals surface area contributed by atoms with E-state index in [1.165, 1.54) is 32.5 Å². The van der Waals surface area contributed by atoms with Gasteiger partial charge >= 0.3 is 0 Å². The third-order valence-corrected chi connectivity index (χ3v) is 4.74. The maximum atomic E-state index is 6.33. The van der Waals surface area contributed by atoms with Crippen molar-refractivity contribution in [1.29, 1.82) is 0 Å². The highest BCUT2D eigenvalue weighted by molar-refractivity contribution is 6.34. The molecule has 1 aromatic carbocycles. The maximum absolute atomic E-state index is 6.33. The van der Waals surface area contributed by atoms with Gasteiger partial charge < -0.3 is 15.1 Å². The van der Waals surface area contributed by atoms with Crippen LogP contribution in [0.5, 0.6) is 0 Å². The third-order valence-electron chi connectivity index (χ3n) is 4.43. The molecule has 0 amide bonds. The molecule has 3 aliphatic rings. The number of hydrogen-bond acceptors (Lipinski definition) is 3. The lowest BCUT2D eigenvalue weighted by molar-refractivity contribution is 0.0975. The normalized spacial score (nSPS) is 29.3. The van der Waals surface area contributed by atoms with Crippen LogP contribution in [0, 0.1) is 5.92 Å². The minimum Gasteiger partial charge on any atom is -0.379 e. The van der Waals surface area contributed by atoms with E-state index in [1.54, 1.807) is 0 Å². The number of para-hydroxylation sites is 1. The lowest BCUT2D eigenvalue weighted by Crippen LogP contribution is -2.53. The van der Waals surface area contributed by atoms with Gasteiger partial charge in [0.2, 0.25) is 0 Å². The molecule has 3 saturated heterocycles. The summed E-state index contributed by atoms with van der Waals surface area (Å²) < 4.78 is 0. The standard InChI is InChI=1S/C15H22ClN3/c1-18(2)15-12(16)4-3-5-13(15)17-14-10-19-8-6-11(14)7-9-19/h3-5,11,14,17H,6-10H2,1-2H3. The van der Waals surface area contributed by atoms with Crippen LogP contribution in [0.15, 0.2) is 18.2 Å². The first-order valence-corrected chi connectivity index (χ1v) is 7.47. The number of nitrogens with zero attached hydrogens (tertiary/aromatic N) is 2. The summed E-state index contributed by atoms with van der Waals surface area (Å²) in [6.45, 7) is 3.72. The molecule has 104 valence electrons. The Hall–Kier alpha value is -0.930. The molecule has 0 spiro atoms. The fourth-order valence-corrected chi connectivity index (χ4v) is 3.76. The Bertz CT molecular complexity index is 453. The molecule has 3 fully saturated rings. The van der Waals surface area contributed by atoms with E-state index in [4.69, 9.17) is 11.6 Å². The molecule has 1 atom stereocenters. The molecule has 1 unspecified atom stereocenters. The molecule has 0 radical (unpaired) electrons. The summed E-state index contributed by atoms with van der Waals surface area (Å²) in [7, 11) is 4.09. The minimum atomic E-state index is 0.569. The second-order valence-corrected chi connectivity index (χ2v) is 6.33. The highest BCUT2D eigenvalue weighted by atomic mass is 35.5. The van der Waals surface area contributed by atoms with Crippen molar-refractivity contribution >= 4 is 23.0 Å². The smallest absolute Gasteiger partial charge is 0.0786 e. The van der Waals surface area contributed by atoms with E-state index < -0.39 is 0 Å². The SMILES string of the molecule is CN(C)c1c(Cl)cccc1NC1CN2CCC1CC2. The fourth-order valence-electron chi connectivity index (χ4n) is 3.41. The number of anilines is 2. The van der Waals surface area contributed by atoms with Crippen LogP contribution in [0.25, 0.3) is 0 Å². The van der Waals surface area contributed by atoms with Gasteiger partial charge in [-0.3, -0.25) is 0 Å². The van der Waals surface area contributed by atoms with E-state index in [9.17, 15) is 0 Å². The molecule has 3 nitrogen and oxygen atoms in total. The van der Waals surface area contributed by atoms with Crippen LogP contribution >= 0.6 is 11.6 Å². The van der Waals surface area contributed by atoms with E-state index >= 15 is 0 Å². The van der Waals surface area contributed by atoms with Gasteiger partial charge in [-0.1, -0.05) is 17.7 Å². The zero-order valence-corrected chi connectivity index (χ0v) is 12.5. The van der Waals surface area contributed by atoms with Gasteiger partial charge in [0.15, 0.2) is 0 Å². The maximum Gasteiger partial charge on any atom is 0.0786 e. The molecule has 1 aromatic rings. The number of nitrogens with one attached hydrogen (secondary N) is 1. The summed E-state index contributed by atoms with van der Waals surface area (Å²) in [5.74, 6) is 0.819. The largest absolute Gasteiger partial charge is 0.379 e. The monoisotopic (exact) mass is 279 g/mol. The number of hydrogen-bond donors (Lipinski definition) is 1. The lowest BCUT2D eigenvalue weighted by atomic mass is 9.84. The summed E-state index contributed by atoms with van der Waals surface area (Å²) in [5, 5.41) is 4.55. The number of piperidine rings is 3. The Morgan fingerprint density at radius 1 is 1.26 bits per heavy atom. The second kappa shape index (κ2) is 5.22. The molecule has 0 aliphatic carbocycles. The Balaban J connectivity index is 1.82. The molecular formula is C15H22ClN3. The second-order valence-electron chi connectivity index (χ2n) is 5.92. The van der Waals surface area contributed by atoms with Gasteiger partial charge in [-0.2, -0.15) is 0 Å². The minimum absolute atomic E-state index is 0.569. The fraction of sp³-hybridized carbons (Fsp3) is 0.600. The van der Waals surface area contributed by atoms with Crippen LogP contribution < -0.4 is 10.2 Å². The highest BCUT2D eigenvalue weighted by Gasteiger charge is 2.34. The van der Waals surface area contributed by atoms with Crippen molar-refractivity contribution in [2.75, 3.05) is 43.9 Å². The number of fused-ring (bicyclic) bond motifs is 3. The molecular weight excluding hydrogens is 258 g/mol. The van der Waals surface area contributed by atoms with Gasteiger partial charge in [0.25, 0.3) is 0 Å². The molecule has 1 N–H and O–H groups in total. The highest BCUT2D eigenvalue weighted by Crippen LogP contribution is 2.36. The zero-order valence-electron chi connectivity index (χ0n) is 11.7. The van der Waals surface area contributed by atoms with E-state index in [2.05, 4.69) is 21.2 Å². The number of rotatable bonds is 3. The van der Waals surface area contributed by atoms with E-state index in [0.29, 0.717) is 6.04 Å². The Morgan fingerprint density at radius 2 is 2.00 bits per heavy atom. The Kier molecular flexibility index (Phi) is 3.59. The van der Waals surface area contributed by atoms with Crippen molar-refractivity contribution in [2.24, 2.45) is 5.92 Å². The topological polar surface area (TPSA) is 18.5 Å². The Labute approximate surface area is 120 Å². The van der Waals surface area contributed by atoms with Crippen LogP contribution in [0.3, 0.4) is 0 Å². The van der Waals surface area contributed by atoms with Gasteiger partial charge in [-0.05, 0) is 44.0 Å². The predicted octanol–water partition coefficient (Wildman–Crippen LogP) is 2.91. The molecule has 0 saturated carbocycles. The first-order chi connectivity index (χ1) is 9.15. The van der Waals surface area contributed by atoms with Gasteiger partial charge in [0.05, 0.1) is 16.4 Å². The quantitative estimate of drug-likeness (QED) is 0.918. The Morgan fingerprint density at radius 3 is 2.58 bits per heavy atom. The van der Waals surface area contributed by atoms with Gasteiger partial charge in [0, 0.05) is 26.7 Å². The summed E-state index contributed by atoms with van der Waals surface area (Å²) in [5.41, 5.74) is 2.26. The molecule has 3 heterocycles. The zero-order chi connectivity index (χ0) is 13.4. The van der Waals surface area contributed by atoms with Crippen molar-refractivity contribution in [3.63, 3.8) is 0 Å². The van der Waals surface area contributed by atoms with Crippen LogP contribution in [-0.4, -0.2) is 44.7 Å². The van der Waals surface area contributed by atoms with Crippen LogP contribution in [-0.2, 0) is 0 Å². The van der Waals surface area contributed by atoms with Crippen molar-refractivity contribution in [1.82, 2.24) is 4.90 Å². The summed E-state index contributed by atoms with van der Waals surface area (Å²) in [6.07, 6.45) is 2.66. The average Bonchev–Trinajstić information content (AvgIpc) is 2.39. The van der Waals surface area contributed by atoms with Gasteiger partial charge in [0.1, 0.15) is 0 Å².